The first-order valence-corrected chi connectivity index (χ1v) is 6.60. The number of hydrogen-bond acceptors (Lipinski definition) is 7. The fourth-order valence-corrected chi connectivity index (χ4v) is 2.43. The van der Waals surface area contributed by atoms with E-state index in [4.69, 9.17) is 5.73 Å². The molecule has 6 nitrogen and oxygen atoms in total. The van der Waals surface area contributed by atoms with E-state index in [1.54, 1.807) is 12.1 Å². The Balaban J connectivity index is 2.14. The van der Waals surface area contributed by atoms with Crippen LogP contribution in [0, 0.1) is 6.92 Å². The molecule has 20 heavy (non-hydrogen) atoms. The van der Waals surface area contributed by atoms with Crippen LogP contribution in [-0.4, -0.2) is 16.1 Å². The van der Waals surface area contributed by atoms with E-state index in [9.17, 15) is 9.90 Å². The van der Waals surface area contributed by atoms with Crippen molar-refractivity contribution in [3.8, 4) is 0 Å². The molecule has 1 aromatic carbocycles. The van der Waals surface area contributed by atoms with Crippen molar-refractivity contribution in [1.82, 2.24) is 4.37 Å². The van der Waals surface area contributed by atoms with Crippen LogP contribution < -0.4 is 16.3 Å². The average molecular weight is 289 g/mol. The lowest BCUT2D eigenvalue weighted by atomic mass is 10.2. The molecule has 104 valence electrons. The first kappa shape index (κ1) is 14.0. The Morgan fingerprint density at radius 3 is 2.55 bits per heavy atom. The van der Waals surface area contributed by atoms with Crippen LogP contribution in [-0.2, 0) is 0 Å². The molecule has 2 rings (SSSR count). The van der Waals surface area contributed by atoms with Crippen molar-refractivity contribution >= 4 is 33.9 Å². The highest BCUT2D eigenvalue weighted by Gasteiger charge is 2.10. The number of anilines is 2. The van der Waals surface area contributed by atoms with E-state index < -0.39 is 5.97 Å². The van der Waals surface area contributed by atoms with Gasteiger partial charge in [-0.1, -0.05) is 12.1 Å². The molecule has 0 aliphatic rings. The average Bonchev–Trinajstić information content (AvgIpc) is 2.76. The van der Waals surface area contributed by atoms with Gasteiger partial charge in [-0.2, -0.15) is 9.47 Å². The van der Waals surface area contributed by atoms with E-state index in [1.807, 2.05) is 13.8 Å². The summed E-state index contributed by atoms with van der Waals surface area (Å²) in [6.45, 7) is 3.70. The van der Waals surface area contributed by atoms with Crippen LogP contribution in [0.3, 0.4) is 0 Å². The Bertz CT molecular complexity index is 642. The Labute approximate surface area is 120 Å². The molecule has 0 aliphatic carbocycles. The number of nitrogen functional groups attached to an aromatic ring is 1. The van der Waals surface area contributed by atoms with Gasteiger partial charge in [-0.15, -0.1) is 0 Å². The van der Waals surface area contributed by atoms with Gasteiger partial charge in [0.2, 0.25) is 0 Å². The standard InChI is InChI=1S/C13H14N4O2S/c1-7(11-8(2)17-20-12(11)14)15-16-10-5-3-9(4-6-10)13(18)19/h3-6,16H,14H2,1-2H3,(H,18,19)/p-1/b15-7-. The van der Waals surface area contributed by atoms with Crippen molar-refractivity contribution in [2.24, 2.45) is 5.10 Å². The molecule has 0 radical (unpaired) electrons. The SMILES string of the molecule is C/C(=N/Nc1ccc(C(=O)[O-])cc1)c1c(C)nsc1N. The molecule has 0 aliphatic heterocycles. The molecule has 0 unspecified atom stereocenters. The molecule has 0 bridgehead atoms. The van der Waals surface area contributed by atoms with Crippen LogP contribution in [0.1, 0.15) is 28.5 Å². The van der Waals surface area contributed by atoms with Gasteiger partial charge in [0.05, 0.1) is 28.6 Å². The molecule has 1 heterocycles. The summed E-state index contributed by atoms with van der Waals surface area (Å²) in [6, 6.07) is 6.14. The Hall–Kier alpha value is -2.41. The molecule has 0 atom stereocenters. The van der Waals surface area contributed by atoms with E-state index in [0.717, 1.165) is 17.0 Å². The van der Waals surface area contributed by atoms with Gasteiger partial charge >= 0.3 is 0 Å². The van der Waals surface area contributed by atoms with Crippen molar-refractivity contribution in [1.29, 1.82) is 0 Å². The predicted molar refractivity (Wildman–Crippen MR) is 77.9 cm³/mol. The molecular weight excluding hydrogens is 276 g/mol. The quantitative estimate of drug-likeness (QED) is 0.651. The minimum atomic E-state index is -1.20. The van der Waals surface area contributed by atoms with Crippen molar-refractivity contribution in [2.75, 3.05) is 11.2 Å². The number of aromatic carboxylic acids is 1. The molecule has 7 heteroatoms. The predicted octanol–water partition coefficient (Wildman–Crippen LogP) is 1.23. The first-order valence-electron chi connectivity index (χ1n) is 5.83. The summed E-state index contributed by atoms with van der Waals surface area (Å²) in [5.74, 6) is -1.20. The summed E-state index contributed by atoms with van der Waals surface area (Å²) < 4.78 is 4.16. The van der Waals surface area contributed by atoms with Gasteiger partial charge in [-0.25, -0.2) is 0 Å². The van der Waals surface area contributed by atoms with Gasteiger partial charge in [-0.3, -0.25) is 5.43 Å². The number of nitrogens with one attached hydrogen (secondary N) is 1. The van der Waals surface area contributed by atoms with Gasteiger partial charge in [0, 0.05) is 0 Å². The van der Waals surface area contributed by atoms with Crippen LogP contribution in [0.5, 0.6) is 0 Å². The zero-order valence-corrected chi connectivity index (χ0v) is 11.8. The lowest BCUT2D eigenvalue weighted by molar-refractivity contribution is -0.255. The highest BCUT2D eigenvalue weighted by molar-refractivity contribution is 7.10. The van der Waals surface area contributed by atoms with E-state index in [0.29, 0.717) is 10.7 Å². The first-order chi connectivity index (χ1) is 9.49. The molecule has 0 spiro atoms. The summed E-state index contributed by atoms with van der Waals surface area (Å²) in [6.07, 6.45) is 0. The number of carbonyl (C=O) groups is 1. The second-order valence-corrected chi connectivity index (χ2v) is 4.99. The molecule has 0 fully saturated rings. The van der Waals surface area contributed by atoms with E-state index in [-0.39, 0.29) is 5.56 Å². The number of hydrogen-bond donors (Lipinski definition) is 2. The zero-order valence-electron chi connectivity index (χ0n) is 11.0. The van der Waals surface area contributed by atoms with Crippen LogP contribution >= 0.6 is 11.5 Å². The zero-order chi connectivity index (χ0) is 14.7. The maximum atomic E-state index is 10.6. The minimum Gasteiger partial charge on any atom is -0.545 e. The fraction of sp³-hybridized carbons (Fsp3) is 0.154. The third-order valence-electron chi connectivity index (χ3n) is 2.72. The lowest BCUT2D eigenvalue weighted by Crippen LogP contribution is -2.21. The highest BCUT2D eigenvalue weighted by atomic mass is 32.1. The Morgan fingerprint density at radius 2 is 2.05 bits per heavy atom. The number of aryl methyl sites for hydroxylation is 1. The molecule has 3 N–H and O–H groups in total. The number of carboxylic acid groups (broad SMARTS) is 1. The molecule has 0 saturated carbocycles. The van der Waals surface area contributed by atoms with Crippen LogP contribution in [0.2, 0.25) is 0 Å². The van der Waals surface area contributed by atoms with E-state index in [1.165, 1.54) is 23.7 Å². The van der Waals surface area contributed by atoms with Gasteiger partial charge in [0.25, 0.3) is 0 Å². The summed E-state index contributed by atoms with van der Waals surface area (Å²) in [4.78, 5) is 10.6. The van der Waals surface area contributed by atoms with Gasteiger partial charge < -0.3 is 15.6 Å². The summed E-state index contributed by atoms with van der Waals surface area (Å²) in [7, 11) is 0. The second kappa shape index (κ2) is 5.70. The maximum Gasteiger partial charge on any atom is 0.116 e. The second-order valence-electron chi connectivity index (χ2n) is 4.18. The lowest BCUT2D eigenvalue weighted by Gasteiger charge is -2.06. The number of rotatable bonds is 4. The van der Waals surface area contributed by atoms with Crippen molar-refractivity contribution in [3.63, 3.8) is 0 Å². The van der Waals surface area contributed by atoms with Crippen molar-refractivity contribution < 1.29 is 9.90 Å². The number of carbonyl (C=O) groups excluding carboxylic acids is 1. The molecule has 1 aromatic heterocycles. The largest absolute Gasteiger partial charge is 0.545 e. The maximum absolute atomic E-state index is 10.6. The molecular formula is C13H13N4O2S-. The highest BCUT2D eigenvalue weighted by Crippen LogP contribution is 2.21. The topological polar surface area (TPSA) is 103 Å². The number of benzene rings is 1. The third-order valence-corrected chi connectivity index (χ3v) is 3.49. The van der Waals surface area contributed by atoms with E-state index in [2.05, 4.69) is 14.9 Å². The summed E-state index contributed by atoms with van der Waals surface area (Å²) in [5, 5.41) is 15.5. The Kier molecular flexibility index (Phi) is 3.99. The van der Waals surface area contributed by atoms with Crippen molar-refractivity contribution in [3.05, 3.63) is 41.1 Å². The normalized spacial score (nSPS) is 11.4. The molecule has 2 aromatic rings. The Morgan fingerprint density at radius 1 is 1.40 bits per heavy atom. The van der Waals surface area contributed by atoms with Gasteiger partial charge in [0.15, 0.2) is 0 Å². The van der Waals surface area contributed by atoms with Crippen LogP contribution in [0.25, 0.3) is 0 Å². The van der Waals surface area contributed by atoms with Crippen LogP contribution in [0.4, 0.5) is 10.7 Å². The monoisotopic (exact) mass is 289 g/mol. The smallest absolute Gasteiger partial charge is 0.116 e. The number of aromatic nitrogens is 1. The van der Waals surface area contributed by atoms with Gasteiger partial charge in [0.1, 0.15) is 5.00 Å². The number of carboxylic acids is 1. The number of nitrogens with two attached hydrogens (primary N) is 1. The molecule has 0 amide bonds. The van der Waals surface area contributed by atoms with E-state index >= 15 is 0 Å². The van der Waals surface area contributed by atoms with Crippen LogP contribution in [0.15, 0.2) is 29.4 Å². The van der Waals surface area contributed by atoms with Crippen molar-refractivity contribution in [2.45, 2.75) is 13.8 Å². The summed E-state index contributed by atoms with van der Waals surface area (Å²) in [5.41, 5.74) is 11.9. The molecule has 0 saturated heterocycles. The third kappa shape index (κ3) is 2.94. The van der Waals surface area contributed by atoms with Gasteiger partial charge in [-0.05, 0) is 43.1 Å². The fourth-order valence-electron chi connectivity index (χ4n) is 1.71. The summed E-state index contributed by atoms with van der Waals surface area (Å²) >= 11 is 1.23. The number of nitrogens with zero attached hydrogens (tertiary/aromatic N) is 2. The number of hydrazone groups is 1. The minimum absolute atomic E-state index is 0.123.